The average molecular weight is 495 g/mol. The first kappa shape index (κ1) is 23.0. The Morgan fingerprint density at radius 3 is 2.17 bits per heavy atom. The van der Waals surface area contributed by atoms with E-state index in [0.29, 0.717) is 12.8 Å². The van der Waals surface area contributed by atoms with Gasteiger partial charge in [0.25, 0.3) is 0 Å². The minimum atomic E-state index is -4.52. The van der Waals surface area contributed by atoms with Crippen LogP contribution in [-0.2, 0) is 16.5 Å². The summed E-state index contributed by atoms with van der Waals surface area (Å²) in [7, 11) is 0. The van der Waals surface area contributed by atoms with E-state index in [1.807, 2.05) is 24.3 Å². The van der Waals surface area contributed by atoms with Gasteiger partial charge in [0, 0.05) is 37.0 Å². The van der Waals surface area contributed by atoms with E-state index in [1.165, 1.54) is 0 Å². The van der Waals surface area contributed by atoms with Gasteiger partial charge >= 0.3 is 12.3 Å². The molecular formula is C28H25F3N2O3. The molecule has 2 atom stereocenters. The maximum atomic E-state index is 13.2. The number of nitrogens with zero attached hydrogens (tertiary/aromatic N) is 2. The van der Waals surface area contributed by atoms with E-state index < -0.39 is 23.4 Å². The Bertz CT molecular complexity index is 1270. The second kappa shape index (κ2) is 8.34. The second-order valence-electron chi connectivity index (χ2n) is 9.96. The van der Waals surface area contributed by atoms with Gasteiger partial charge in [0.1, 0.15) is 12.2 Å². The molecule has 1 aliphatic carbocycles. The fourth-order valence-corrected chi connectivity index (χ4v) is 6.26. The number of fused-ring (bicyclic) bond motifs is 5. The number of aromatic nitrogens is 1. The number of aliphatic hydroxyl groups is 1. The van der Waals surface area contributed by atoms with E-state index in [9.17, 15) is 23.1 Å². The van der Waals surface area contributed by atoms with E-state index in [2.05, 4.69) is 29.2 Å². The Hall–Kier alpha value is -3.39. The molecular weight excluding hydrogens is 469 g/mol. The molecule has 1 N–H and O–H groups in total. The van der Waals surface area contributed by atoms with E-state index in [4.69, 9.17) is 4.74 Å². The molecule has 0 spiro atoms. The number of hydrogen-bond acceptors (Lipinski definition) is 4. The van der Waals surface area contributed by atoms with Crippen molar-refractivity contribution < 1.29 is 27.8 Å². The van der Waals surface area contributed by atoms with E-state index in [-0.39, 0.29) is 43.1 Å². The SMILES string of the molecule is O=C(OCC1c2ccccc2-c2ccccc21)N1C2CCC1CC(O)(c1cc(C(F)(F)F)ccn1)C2. The number of piperidine rings is 1. The number of amides is 1. The summed E-state index contributed by atoms with van der Waals surface area (Å²) in [5, 5.41) is 11.3. The molecule has 1 aromatic heterocycles. The summed E-state index contributed by atoms with van der Waals surface area (Å²) in [6.45, 7) is 0.197. The van der Waals surface area contributed by atoms with Gasteiger partial charge in [-0.3, -0.25) is 4.98 Å². The number of halogens is 3. The van der Waals surface area contributed by atoms with Crippen molar-refractivity contribution in [2.45, 2.75) is 55.5 Å². The standard InChI is InChI=1S/C28H25F3N2O3/c29-28(30,31)17-11-12-32-25(13-17)27(35)14-18-9-10-19(15-27)33(18)26(34)36-16-24-22-7-3-1-5-20(22)21-6-2-4-8-23(21)24/h1-8,11-13,18-19,24,35H,9-10,14-16H2. The number of alkyl halides is 3. The topological polar surface area (TPSA) is 62.7 Å². The van der Waals surface area contributed by atoms with Gasteiger partial charge in [-0.15, -0.1) is 0 Å². The summed E-state index contributed by atoms with van der Waals surface area (Å²) in [6, 6.07) is 17.4. The Morgan fingerprint density at radius 1 is 1.00 bits per heavy atom. The molecule has 2 unspecified atom stereocenters. The van der Waals surface area contributed by atoms with Gasteiger partial charge in [-0.2, -0.15) is 13.2 Å². The van der Waals surface area contributed by atoms with Crippen molar-refractivity contribution >= 4 is 6.09 Å². The Balaban J connectivity index is 1.18. The smallest absolute Gasteiger partial charge is 0.416 e. The van der Waals surface area contributed by atoms with Crippen LogP contribution in [0.4, 0.5) is 18.0 Å². The highest BCUT2D eigenvalue weighted by Gasteiger charge is 2.51. The third-order valence-electron chi connectivity index (χ3n) is 7.88. The number of carbonyl (C=O) groups is 1. The predicted octanol–water partition coefficient (Wildman–Crippen LogP) is 5.86. The van der Waals surface area contributed by atoms with E-state index >= 15 is 0 Å². The lowest BCUT2D eigenvalue weighted by Crippen LogP contribution is -2.52. The minimum Gasteiger partial charge on any atom is -0.448 e. The van der Waals surface area contributed by atoms with Crippen LogP contribution in [0.25, 0.3) is 11.1 Å². The average Bonchev–Trinajstić information content (AvgIpc) is 3.34. The Morgan fingerprint density at radius 2 is 1.58 bits per heavy atom. The lowest BCUT2D eigenvalue weighted by atomic mass is 9.83. The zero-order chi connectivity index (χ0) is 25.1. The van der Waals surface area contributed by atoms with Gasteiger partial charge < -0.3 is 14.7 Å². The third-order valence-corrected chi connectivity index (χ3v) is 7.88. The highest BCUT2D eigenvalue weighted by atomic mass is 19.4. The molecule has 2 aliphatic heterocycles. The van der Waals surface area contributed by atoms with Crippen LogP contribution in [0, 0.1) is 0 Å². The summed E-state index contributed by atoms with van der Waals surface area (Å²) in [5.74, 6) is -0.0602. The first-order chi connectivity index (χ1) is 17.2. The van der Waals surface area contributed by atoms with Crippen molar-refractivity contribution in [3.8, 4) is 11.1 Å². The molecule has 3 aliphatic rings. The lowest BCUT2D eigenvalue weighted by Gasteiger charge is -2.43. The fourth-order valence-electron chi connectivity index (χ4n) is 6.26. The van der Waals surface area contributed by atoms with Gasteiger partial charge in [0.05, 0.1) is 11.3 Å². The maximum absolute atomic E-state index is 13.2. The normalized spacial score (nSPS) is 24.9. The second-order valence-corrected chi connectivity index (χ2v) is 9.96. The fraction of sp³-hybridized carbons (Fsp3) is 0.357. The molecule has 1 amide bonds. The van der Waals surface area contributed by atoms with Gasteiger partial charge in [0.2, 0.25) is 0 Å². The number of rotatable bonds is 3. The summed E-state index contributed by atoms with van der Waals surface area (Å²) >= 11 is 0. The molecule has 2 aromatic carbocycles. The van der Waals surface area contributed by atoms with Crippen LogP contribution < -0.4 is 0 Å². The van der Waals surface area contributed by atoms with Gasteiger partial charge in [-0.1, -0.05) is 48.5 Å². The van der Waals surface area contributed by atoms with Crippen LogP contribution in [0.5, 0.6) is 0 Å². The van der Waals surface area contributed by atoms with E-state index in [1.54, 1.807) is 4.90 Å². The molecule has 0 saturated carbocycles. The zero-order valence-corrected chi connectivity index (χ0v) is 19.4. The van der Waals surface area contributed by atoms with Gasteiger partial charge in [0.15, 0.2) is 0 Å². The molecule has 2 saturated heterocycles. The van der Waals surface area contributed by atoms with Crippen molar-refractivity contribution in [2.24, 2.45) is 0 Å². The van der Waals surface area contributed by atoms with Crippen LogP contribution in [-0.4, -0.2) is 39.8 Å². The van der Waals surface area contributed by atoms with Gasteiger partial charge in [-0.25, -0.2) is 4.79 Å². The molecule has 186 valence electrons. The van der Waals surface area contributed by atoms with Crippen molar-refractivity contribution in [2.75, 3.05) is 6.61 Å². The van der Waals surface area contributed by atoms with Crippen molar-refractivity contribution in [3.63, 3.8) is 0 Å². The number of benzene rings is 2. The quantitative estimate of drug-likeness (QED) is 0.495. The third kappa shape index (κ3) is 3.75. The molecule has 36 heavy (non-hydrogen) atoms. The van der Waals surface area contributed by atoms with Crippen LogP contribution in [0.15, 0.2) is 66.9 Å². The number of pyridine rings is 1. The minimum absolute atomic E-state index is 0.00131. The molecule has 5 nitrogen and oxygen atoms in total. The molecule has 0 radical (unpaired) electrons. The molecule has 8 heteroatoms. The summed E-state index contributed by atoms with van der Waals surface area (Å²) in [6.07, 6.45) is -2.30. The van der Waals surface area contributed by atoms with Crippen LogP contribution in [0.2, 0.25) is 0 Å². The molecule has 6 rings (SSSR count). The van der Waals surface area contributed by atoms with Crippen LogP contribution in [0.3, 0.4) is 0 Å². The summed E-state index contributed by atoms with van der Waals surface area (Å²) < 4.78 is 45.5. The number of ether oxygens (including phenoxy) is 1. The van der Waals surface area contributed by atoms with Crippen molar-refractivity contribution in [3.05, 3.63) is 89.2 Å². The number of carbonyl (C=O) groups excluding carboxylic acids is 1. The molecule has 3 heterocycles. The first-order valence-electron chi connectivity index (χ1n) is 12.1. The van der Waals surface area contributed by atoms with Crippen molar-refractivity contribution in [1.82, 2.24) is 9.88 Å². The largest absolute Gasteiger partial charge is 0.448 e. The van der Waals surface area contributed by atoms with Crippen molar-refractivity contribution in [1.29, 1.82) is 0 Å². The lowest BCUT2D eigenvalue weighted by molar-refractivity contribution is -0.138. The Labute approximate surface area is 206 Å². The maximum Gasteiger partial charge on any atom is 0.416 e. The van der Waals surface area contributed by atoms with E-state index in [0.717, 1.165) is 40.6 Å². The zero-order valence-electron chi connectivity index (χ0n) is 19.4. The van der Waals surface area contributed by atoms with Crippen LogP contribution in [0.1, 0.15) is 54.0 Å². The Kier molecular flexibility index (Phi) is 5.33. The molecule has 2 fully saturated rings. The van der Waals surface area contributed by atoms with Crippen LogP contribution >= 0.6 is 0 Å². The van der Waals surface area contributed by atoms with Gasteiger partial charge in [-0.05, 0) is 47.2 Å². The summed E-state index contributed by atoms with van der Waals surface area (Å²) in [4.78, 5) is 19.0. The molecule has 3 aromatic rings. The highest BCUT2D eigenvalue weighted by molar-refractivity contribution is 5.79. The summed E-state index contributed by atoms with van der Waals surface area (Å²) in [5.41, 5.74) is 2.18. The number of hydrogen-bond donors (Lipinski definition) is 1. The monoisotopic (exact) mass is 494 g/mol. The first-order valence-corrected chi connectivity index (χ1v) is 12.1. The highest BCUT2D eigenvalue weighted by Crippen LogP contribution is 2.47. The predicted molar refractivity (Wildman–Crippen MR) is 126 cm³/mol. The molecule has 2 bridgehead atoms.